The number of pyridine rings is 1. The lowest BCUT2D eigenvalue weighted by Gasteiger charge is -2.40. The van der Waals surface area contributed by atoms with Crippen LogP contribution in [0.3, 0.4) is 0 Å². The lowest BCUT2D eigenvalue weighted by Crippen LogP contribution is -2.48. The fourth-order valence-electron chi connectivity index (χ4n) is 4.76. The first-order chi connectivity index (χ1) is 12.7. The van der Waals surface area contributed by atoms with Gasteiger partial charge in [0.25, 0.3) is 0 Å². The molecule has 2 fully saturated rings. The van der Waals surface area contributed by atoms with Gasteiger partial charge in [-0.25, -0.2) is 8.42 Å². The van der Waals surface area contributed by atoms with E-state index in [1.165, 1.54) is 12.8 Å². The highest BCUT2D eigenvalue weighted by Gasteiger charge is 2.39. The first-order valence-corrected chi connectivity index (χ1v) is 11.5. The van der Waals surface area contributed by atoms with Gasteiger partial charge in [0.15, 0.2) is 0 Å². The molecule has 1 aromatic carbocycles. The number of fused-ring (bicyclic) bond motifs is 1. The monoisotopic (exact) mass is 372 g/mol. The highest BCUT2D eigenvalue weighted by molar-refractivity contribution is 7.89. The summed E-state index contributed by atoms with van der Waals surface area (Å²) in [5.74, 6) is 0. The van der Waals surface area contributed by atoms with Crippen molar-refractivity contribution in [2.45, 2.75) is 81.2 Å². The molecule has 26 heavy (non-hydrogen) atoms. The van der Waals surface area contributed by atoms with E-state index in [1.807, 2.05) is 28.6 Å². The van der Waals surface area contributed by atoms with Gasteiger partial charge in [0.05, 0.1) is 5.52 Å². The number of benzene rings is 1. The molecule has 0 radical (unpaired) electrons. The molecule has 0 amide bonds. The van der Waals surface area contributed by atoms with Gasteiger partial charge < -0.3 is 0 Å². The summed E-state index contributed by atoms with van der Waals surface area (Å²) in [5.41, 5.74) is 0.603. The smallest absolute Gasteiger partial charge is 0.245 e. The number of rotatable bonds is 4. The molecule has 2 aliphatic rings. The van der Waals surface area contributed by atoms with Gasteiger partial charge in [-0.2, -0.15) is 4.31 Å². The second-order valence-electron chi connectivity index (χ2n) is 7.75. The van der Waals surface area contributed by atoms with E-state index in [4.69, 9.17) is 0 Å². The van der Waals surface area contributed by atoms with Gasteiger partial charge >= 0.3 is 0 Å². The molecule has 1 aromatic heterocycles. The third kappa shape index (κ3) is 3.39. The minimum Gasteiger partial charge on any atom is -0.255 e. The van der Waals surface area contributed by atoms with Crippen LogP contribution in [0.25, 0.3) is 10.9 Å². The van der Waals surface area contributed by atoms with Crippen LogP contribution in [0, 0.1) is 0 Å². The van der Waals surface area contributed by atoms with E-state index in [2.05, 4.69) is 4.98 Å². The lowest BCUT2D eigenvalue weighted by molar-refractivity contribution is 0.170. The normalized spacial score (nSPS) is 20.7. The van der Waals surface area contributed by atoms with Crippen LogP contribution < -0.4 is 0 Å². The average molecular weight is 373 g/mol. The molecular formula is C21H28N2O2S. The highest BCUT2D eigenvalue weighted by Crippen LogP contribution is 2.36. The van der Waals surface area contributed by atoms with Crippen molar-refractivity contribution in [2.75, 3.05) is 0 Å². The van der Waals surface area contributed by atoms with E-state index in [0.717, 1.165) is 56.8 Å². The molecule has 2 saturated carbocycles. The van der Waals surface area contributed by atoms with Crippen LogP contribution in [0.1, 0.15) is 64.2 Å². The Kier molecular flexibility index (Phi) is 5.28. The molecule has 0 spiro atoms. The Morgan fingerprint density at radius 1 is 0.808 bits per heavy atom. The Hall–Kier alpha value is -1.46. The molecule has 2 aliphatic carbocycles. The minimum absolute atomic E-state index is 0.149. The Balaban J connectivity index is 1.79. The van der Waals surface area contributed by atoms with Crippen molar-refractivity contribution in [3.8, 4) is 0 Å². The second kappa shape index (κ2) is 7.65. The Labute approximate surface area is 156 Å². The molecule has 0 unspecified atom stereocenters. The second-order valence-corrected chi connectivity index (χ2v) is 9.56. The largest absolute Gasteiger partial charge is 0.255 e. The fraction of sp³-hybridized carbons (Fsp3) is 0.571. The first-order valence-electron chi connectivity index (χ1n) is 10.1. The molecular weight excluding hydrogens is 344 g/mol. The summed E-state index contributed by atoms with van der Waals surface area (Å²) in [6.07, 6.45) is 12.7. The van der Waals surface area contributed by atoms with Crippen LogP contribution in [0.4, 0.5) is 0 Å². The Morgan fingerprint density at radius 2 is 1.38 bits per heavy atom. The SMILES string of the molecule is O=S(=O)(c1cccc2cccnc12)N(C1CCCCC1)C1CCCCC1. The predicted molar refractivity (Wildman–Crippen MR) is 105 cm³/mol. The van der Waals surface area contributed by atoms with Crippen LogP contribution >= 0.6 is 0 Å². The predicted octanol–water partition coefficient (Wildman–Crippen LogP) is 4.89. The summed E-state index contributed by atoms with van der Waals surface area (Å²) in [6.45, 7) is 0. The lowest BCUT2D eigenvalue weighted by atomic mass is 9.91. The molecule has 0 saturated heterocycles. The van der Waals surface area contributed by atoms with Crippen molar-refractivity contribution in [1.29, 1.82) is 0 Å². The Morgan fingerprint density at radius 3 is 2.00 bits per heavy atom. The van der Waals surface area contributed by atoms with E-state index in [1.54, 1.807) is 12.3 Å². The van der Waals surface area contributed by atoms with E-state index >= 15 is 0 Å². The maximum Gasteiger partial charge on any atom is 0.245 e. The number of hydrogen-bond acceptors (Lipinski definition) is 3. The Bertz CT molecular complexity index is 830. The van der Waals surface area contributed by atoms with Gasteiger partial charge in [-0.1, -0.05) is 56.7 Å². The zero-order valence-electron chi connectivity index (χ0n) is 15.3. The van der Waals surface area contributed by atoms with Crippen LogP contribution in [0.5, 0.6) is 0 Å². The molecule has 4 rings (SSSR count). The van der Waals surface area contributed by atoms with Crippen LogP contribution in [-0.4, -0.2) is 29.8 Å². The van der Waals surface area contributed by atoms with Crippen LogP contribution in [0.15, 0.2) is 41.4 Å². The average Bonchev–Trinajstić information content (AvgIpc) is 2.69. The van der Waals surface area contributed by atoms with Crippen molar-refractivity contribution < 1.29 is 8.42 Å². The van der Waals surface area contributed by atoms with E-state index in [9.17, 15) is 8.42 Å². The summed E-state index contributed by atoms with van der Waals surface area (Å²) >= 11 is 0. The minimum atomic E-state index is -3.56. The third-order valence-corrected chi connectivity index (χ3v) is 8.06. The van der Waals surface area contributed by atoms with Gasteiger partial charge in [0, 0.05) is 23.7 Å². The topological polar surface area (TPSA) is 50.3 Å². The van der Waals surface area contributed by atoms with Gasteiger partial charge in [-0.3, -0.25) is 4.98 Å². The van der Waals surface area contributed by atoms with Gasteiger partial charge in [0.1, 0.15) is 4.90 Å². The van der Waals surface area contributed by atoms with E-state index < -0.39 is 10.0 Å². The number of aromatic nitrogens is 1. The third-order valence-electron chi connectivity index (χ3n) is 6.02. The summed E-state index contributed by atoms with van der Waals surface area (Å²) < 4.78 is 29.6. The van der Waals surface area contributed by atoms with Crippen molar-refractivity contribution in [3.05, 3.63) is 36.5 Å². The van der Waals surface area contributed by atoms with Crippen molar-refractivity contribution in [3.63, 3.8) is 0 Å². The quantitative estimate of drug-likeness (QED) is 0.768. The molecule has 140 valence electrons. The van der Waals surface area contributed by atoms with Crippen LogP contribution in [-0.2, 0) is 10.0 Å². The number of hydrogen-bond donors (Lipinski definition) is 0. The highest BCUT2D eigenvalue weighted by atomic mass is 32.2. The van der Waals surface area contributed by atoms with Crippen molar-refractivity contribution in [1.82, 2.24) is 9.29 Å². The molecule has 5 heteroatoms. The summed E-state index contributed by atoms with van der Waals surface area (Å²) in [7, 11) is -3.56. The molecule has 2 aromatic rings. The number of sulfonamides is 1. The fourth-order valence-corrected chi connectivity index (χ4v) is 6.86. The molecule has 0 bridgehead atoms. The zero-order chi connectivity index (χ0) is 18.0. The molecule has 0 atom stereocenters. The molecule has 0 aliphatic heterocycles. The summed E-state index contributed by atoms with van der Waals surface area (Å²) in [5, 5.41) is 0.890. The van der Waals surface area contributed by atoms with Crippen molar-refractivity contribution >= 4 is 20.9 Å². The number of para-hydroxylation sites is 1. The van der Waals surface area contributed by atoms with Gasteiger partial charge in [-0.15, -0.1) is 0 Å². The van der Waals surface area contributed by atoms with Gasteiger partial charge in [-0.05, 0) is 37.8 Å². The summed E-state index contributed by atoms with van der Waals surface area (Å²) in [6, 6.07) is 9.62. The number of nitrogens with zero attached hydrogens (tertiary/aromatic N) is 2. The molecule has 4 nitrogen and oxygen atoms in total. The molecule has 1 heterocycles. The van der Waals surface area contributed by atoms with Crippen LogP contribution in [0.2, 0.25) is 0 Å². The molecule has 0 N–H and O–H groups in total. The van der Waals surface area contributed by atoms with E-state index in [-0.39, 0.29) is 12.1 Å². The standard InChI is InChI=1S/C21H28N2O2S/c24-26(25,20-15-7-9-17-10-8-16-22-21(17)20)23(18-11-3-1-4-12-18)19-13-5-2-6-14-19/h7-10,15-16,18-19H,1-6,11-14H2. The van der Waals surface area contributed by atoms with Crippen molar-refractivity contribution in [2.24, 2.45) is 0 Å². The maximum absolute atomic E-state index is 13.8. The summed E-state index contributed by atoms with van der Waals surface area (Å²) in [4.78, 5) is 4.80. The first kappa shape index (κ1) is 17.9. The zero-order valence-corrected chi connectivity index (χ0v) is 16.1. The van der Waals surface area contributed by atoms with Gasteiger partial charge in [0.2, 0.25) is 10.0 Å². The van der Waals surface area contributed by atoms with E-state index in [0.29, 0.717) is 10.4 Å². The maximum atomic E-state index is 13.8.